The molecule has 2 atom stereocenters. The highest BCUT2D eigenvalue weighted by atomic mass is 16.2. The van der Waals surface area contributed by atoms with E-state index < -0.39 is 0 Å². The number of hydrogen-bond acceptors (Lipinski definition) is 3. The van der Waals surface area contributed by atoms with E-state index in [4.69, 9.17) is 5.73 Å². The molecule has 4 heteroatoms. The standard InChI is InChI=1S/C16H33N3O/c1-4-19(12-16(20)18-10-9-13(2)3)15-8-6-5-7-14(15)11-17/h13-15H,4-12,17H2,1-3H3,(H,18,20). The summed E-state index contributed by atoms with van der Waals surface area (Å²) < 4.78 is 0. The van der Waals surface area contributed by atoms with Crippen molar-refractivity contribution in [3.05, 3.63) is 0 Å². The molecule has 1 rings (SSSR count). The van der Waals surface area contributed by atoms with Crippen LogP contribution in [0.15, 0.2) is 0 Å². The first kappa shape index (κ1) is 17.4. The predicted octanol–water partition coefficient (Wildman–Crippen LogP) is 1.99. The Balaban J connectivity index is 2.42. The minimum atomic E-state index is 0.161. The highest BCUT2D eigenvalue weighted by Gasteiger charge is 2.29. The van der Waals surface area contributed by atoms with E-state index in [0.29, 0.717) is 24.4 Å². The molecule has 1 aliphatic rings. The molecule has 20 heavy (non-hydrogen) atoms. The molecule has 0 saturated heterocycles. The second-order valence-corrected chi connectivity index (χ2v) is 6.44. The molecule has 1 saturated carbocycles. The smallest absolute Gasteiger partial charge is 0.234 e. The third-order valence-electron chi connectivity index (χ3n) is 4.44. The van der Waals surface area contributed by atoms with Gasteiger partial charge in [-0.2, -0.15) is 0 Å². The Labute approximate surface area is 124 Å². The van der Waals surface area contributed by atoms with Gasteiger partial charge in [-0.3, -0.25) is 9.69 Å². The van der Waals surface area contributed by atoms with E-state index in [1.807, 2.05) is 0 Å². The topological polar surface area (TPSA) is 58.4 Å². The number of nitrogens with one attached hydrogen (secondary N) is 1. The maximum atomic E-state index is 12.0. The fourth-order valence-electron chi connectivity index (χ4n) is 3.15. The van der Waals surface area contributed by atoms with Gasteiger partial charge in [0.05, 0.1) is 6.54 Å². The quantitative estimate of drug-likeness (QED) is 0.716. The Bertz CT molecular complexity index is 281. The number of rotatable bonds is 8. The summed E-state index contributed by atoms with van der Waals surface area (Å²) in [6.07, 6.45) is 6.01. The van der Waals surface area contributed by atoms with Crippen LogP contribution < -0.4 is 11.1 Å². The average molecular weight is 283 g/mol. The lowest BCUT2D eigenvalue weighted by Crippen LogP contribution is -2.49. The van der Waals surface area contributed by atoms with Gasteiger partial charge in [-0.15, -0.1) is 0 Å². The summed E-state index contributed by atoms with van der Waals surface area (Å²) in [5, 5.41) is 3.04. The molecule has 0 radical (unpaired) electrons. The van der Waals surface area contributed by atoms with Crippen LogP contribution in [0.5, 0.6) is 0 Å². The molecule has 1 aliphatic carbocycles. The van der Waals surface area contributed by atoms with Crippen LogP contribution >= 0.6 is 0 Å². The Kier molecular flexibility index (Phi) is 8.15. The molecule has 0 aromatic heterocycles. The van der Waals surface area contributed by atoms with Crippen molar-refractivity contribution in [1.82, 2.24) is 10.2 Å². The van der Waals surface area contributed by atoms with Gasteiger partial charge in [0.1, 0.15) is 0 Å². The van der Waals surface area contributed by atoms with Crippen LogP contribution in [0.3, 0.4) is 0 Å². The van der Waals surface area contributed by atoms with Gasteiger partial charge >= 0.3 is 0 Å². The SMILES string of the molecule is CCN(CC(=O)NCCC(C)C)C1CCCCC1CN. The Morgan fingerprint density at radius 1 is 1.35 bits per heavy atom. The monoisotopic (exact) mass is 283 g/mol. The lowest BCUT2D eigenvalue weighted by molar-refractivity contribution is -0.123. The second-order valence-electron chi connectivity index (χ2n) is 6.44. The fourth-order valence-corrected chi connectivity index (χ4v) is 3.15. The van der Waals surface area contributed by atoms with E-state index in [1.54, 1.807) is 0 Å². The van der Waals surface area contributed by atoms with Crippen molar-refractivity contribution in [2.75, 3.05) is 26.2 Å². The number of nitrogens with zero attached hydrogens (tertiary/aromatic N) is 1. The van der Waals surface area contributed by atoms with Crippen LogP contribution in [0, 0.1) is 11.8 Å². The van der Waals surface area contributed by atoms with Crippen molar-refractivity contribution >= 4 is 5.91 Å². The molecule has 0 heterocycles. The summed E-state index contributed by atoms with van der Waals surface area (Å²) in [5.41, 5.74) is 5.90. The van der Waals surface area contributed by atoms with E-state index in [0.717, 1.165) is 26.1 Å². The third-order valence-corrected chi connectivity index (χ3v) is 4.44. The van der Waals surface area contributed by atoms with Crippen LogP contribution in [0.2, 0.25) is 0 Å². The molecule has 3 N–H and O–H groups in total. The van der Waals surface area contributed by atoms with Gasteiger partial charge in [-0.1, -0.05) is 33.6 Å². The number of likely N-dealkylation sites (N-methyl/N-ethyl adjacent to an activating group) is 1. The van der Waals surface area contributed by atoms with Crippen molar-refractivity contribution in [1.29, 1.82) is 0 Å². The van der Waals surface area contributed by atoms with Gasteiger partial charge in [-0.05, 0) is 44.2 Å². The molecule has 0 aliphatic heterocycles. The summed E-state index contributed by atoms with van der Waals surface area (Å²) >= 11 is 0. The average Bonchev–Trinajstić information content (AvgIpc) is 2.44. The maximum absolute atomic E-state index is 12.0. The Morgan fingerprint density at radius 2 is 2.05 bits per heavy atom. The van der Waals surface area contributed by atoms with Crippen LogP contribution in [0.25, 0.3) is 0 Å². The van der Waals surface area contributed by atoms with Gasteiger partial charge in [0.2, 0.25) is 5.91 Å². The summed E-state index contributed by atoms with van der Waals surface area (Å²) in [6, 6.07) is 0.495. The lowest BCUT2D eigenvalue weighted by Gasteiger charge is -2.38. The zero-order valence-corrected chi connectivity index (χ0v) is 13.5. The van der Waals surface area contributed by atoms with E-state index in [1.165, 1.54) is 25.7 Å². The van der Waals surface area contributed by atoms with E-state index >= 15 is 0 Å². The van der Waals surface area contributed by atoms with E-state index in [2.05, 4.69) is 31.0 Å². The van der Waals surface area contributed by atoms with Crippen LogP contribution in [-0.4, -0.2) is 43.0 Å². The molecule has 1 fully saturated rings. The van der Waals surface area contributed by atoms with Crippen molar-refractivity contribution in [3.63, 3.8) is 0 Å². The van der Waals surface area contributed by atoms with Crippen molar-refractivity contribution in [3.8, 4) is 0 Å². The van der Waals surface area contributed by atoms with Crippen LogP contribution in [-0.2, 0) is 4.79 Å². The minimum absolute atomic E-state index is 0.161. The van der Waals surface area contributed by atoms with Gasteiger partial charge in [0.15, 0.2) is 0 Å². The zero-order valence-electron chi connectivity index (χ0n) is 13.5. The van der Waals surface area contributed by atoms with E-state index in [9.17, 15) is 4.79 Å². The van der Waals surface area contributed by atoms with Crippen LogP contribution in [0.4, 0.5) is 0 Å². The number of amides is 1. The molecular formula is C16H33N3O. The number of carbonyl (C=O) groups is 1. The normalized spacial score (nSPS) is 23.3. The van der Waals surface area contributed by atoms with Crippen molar-refractivity contribution in [2.24, 2.45) is 17.6 Å². The first-order chi connectivity index (χ1) is 9.58. The van der Waals surface area contributed by atoms with Gasteiger partial charge in [-0.25, -0.2) is 0 Å². The summed E-state index contributed by atoms with van der Waals surface area (Å²) in [4.78, 5) is 14.4. The number of nitrogens with two attached hydrogens (primary N) is 1. The van der Waals surface area contributed by atoms with Crippen LogP contribution in [0.1, 0.15) is 52.9 Å². The molecule has 0 aromatic carbocycles. The third kappa shape index (κ3) is 5.80. The highest BCUT2D eigenvalue weighted by Crippen LogP contribution is 2.27. The summed E-state index contributed by atoms with van der Waals surface area (Å²) in [5.74, 6) is 1.36. The fraction of sp³-hybridized carbons (Fsp3) is 0.938. The van der Waals surface area contributed by atoms with Gasteiger partial charge < -0.3 is 11.1 Å². The second kappa shape index (κ2) is 9.35. The molecule has 4 nitrogen and oxygen atoms in total. The highest BCUT2D eigenvalue weighted by molar-refractivity contribution is 5.78. The minimum Gasteiger partial charge on any atom is -0.355 e. The lowest BCUT2D eigenvalue weighted by atomic mass is 9.83. The first-order valence-electron chi connectivity index (χ1n) is 8.29. The zero-order chi connectivity index (χ0) is 15.0. The molecule has 0 bridgehead atoms. The van der Waals surface area contributed by atoms with Gasteiger partial charge in [0, 0.05) is 12.6 Å². The Morgan fingerprint density at radius 3 is 2.65 bits per heavy atom. The molecule has 2 unspecified atom stereocenters. The van der Waals surface area contributed by atoms with Gasteiger partial charge in [0.25, 0.3) is 0 Å². The molecule has 1 amide bonds. The molecule has 0 aromatic rings. The largest absolute Gasteiger partial charge is 0.355 e. The Hall–Kier alpha value is -0.610. The predicted molar refractivity (Wildman–Crippen MR) is 84.5 cm³/mol. The van der Waals surface area contributed by atoms with Crippen molar-refractivity contribution < 1.29 is 4.79 Å². The summed E-state index contributed by atoms with van der Waals surface area (Å²) in [6.45, 7) is 9.49. The molecule has 118 valence electrons. The van der Waals surface area contributed by atoms with Crippen molar-refractivity contribution in [2.45, 2.75) is 58.9 Å². The molecular weight excluding hydrogens is 250 g/mol. The maximum Gasteiger partial charge on any atom is 0.234 e. The van der Waals surface area contributed by atoms with E-state index in [-0.39, 0.29) is 5.91 Å². The molecule has 0 spiro atoms. The number of hydrogen-bond donors (Lipinski definition) is 2. The first-order valence-corrected chi connectivity index (χ1v) is 8.29. The number of carbonyl (C=O) groups excluding carboxylic acids is 1. The summed E-state index contributed by atoms with van der Waals surface area (Å²) in [7, 11) is 0.